The molecule has 0 fully saturated rings. The van der Waals surface area contributed by atoms with E-state index >= 15 is 0 Å². The molecule has 8 nitrogen and oxygen atoms in total. The second-order valence-corrected chi connectivity index (χ2v) is 6.25. The van der Waals surface area contributed by atoms with E-state index in [0.717, 1.165) is 11.1 Å². The van der Waals surface area contributed by atoms with E-state index in [-0.39, 0.29) is 12.4 Å². The minimum absolute atomic E-state index is 0.0259. The van der Waals surface area contributed by atoms with E-state index in [1.165, 1.54) is 6.07 Å². The molecular weight excluding hydrogens is 362 g/mol. The van der Waals surface area contributed by atoms with Crippen LogP contribution < -0.4 is 20.3 Å². The topological polar surface area (TPSA) is 103 Å². The summed E-state index contributed by atoms with van der Waals surface area (Å²) in [6.07, 6.45) is -0.881. The molecule has 2 N–H and O–H groups in total. The fourth-order valence-corrected chi connectivity index (χ4v) is 2.65. The third kappa shape index (κ3) is 3.66. The molecule has 2 aromatic carbocycles. The highest BCUT2D eigenvalue weighted by Crippen LogP contribution is 2.30. The number of ether oxygens (including phenoxy) is 2. The van der Waals surface area contributed by atoms with Crippen molar-refractivity contribution in [1.29, 1.82) is 0 Å². The molecule has 3 aromatic rings. The van der Waals surface area contributed by atoms with Gasteiger partial charge < -0.3 is 14.0 Å². The predicted molar refractivity (Wildman–Crippen MR) is 98.6 cm³/mol. The molecule has 1 aliphatic rings. The molecule has 1 atom stereocenters. The van der Waals surface area contributed by atoms with Gasteiger partial charge >= 0.3 is 5.91 Å². The normalized spacial score (nSPS) is 15.0. The number of para-hydroxylation sites is 2. The standard InChI is InChI=1S/C20H17N3O5/c1-12-6-8-13(9-7-12)14-10-17(28-23-14)19(24)21-22-20(25)18-11-26-15-4-2-3-5-16(15)27-18/h2-10,18H,11H2,1H3,(H,21,24)(H,22,25). The molecule has 1 aromatic heterocycles. The van der Waals surface area contributed by atoms with Gasteiger partial charge in [-0.1, -0.05) is 47.1 Å². The zero-order chi connectivity index (χ0) is 19.5. The van der Waals surface area contributed by atoms with Crippen molar-refractivity contribution in [3.05, 3.63) is 65.9 Å². The summed E-state index contributed by atoms with van der Waals surface area (Å²) in [7, 11) is 0. The first-order valence-corrected chi connectivity index (χ1v) is 8.62. The van der Waals surface area contributed by atoms with E-state index in [2.05, 4.69) is 16.0 Å². The Morgan fingerprint density at radius 2 is 1.79 bits per heavy atom. The van der Waals surface area contributed by atoms with Gasteiger partial charge in [-0.2, -0.15) is 0 Å². The molecule has 0 radical (unpaired) electrons. The highest BCUT2D eigenvalue weighted by Gasteiger charge is 2.28. The van der Waals surface area contributed by atoms with Crippen LogP contribution >= 0.6 is 0 Å². The van der Waals surface area contributed by atoms with Gasteiger partial charge in [-0.3, -0.25) is 20.4 Å². The number of aromatic nitrogens is 1. The summed E-state index contributed by atoms with van der Waals surface area (Å²) in [5.41, 5.74) is 7.06. The Labute approximate surface area is 160 Å². The van der Waals surface area contributed by atoms with Gasteiger partial charge in [-0.05, 0) is 19.1 Å². The van der Waals surface area contributed by atoms with Crippen LogP contribution in [-0.2, 0) is 4.79 Å². The number of hydrogen-bond acceptors (Lipinski definition) is 6. The van der Waals surface area contributed by atoms with E-state index < -0.39 is 17.9 Å². The summed E-state index contributed by atoms with van der Waals surface area (Å²) in [5.74, 6) is -0.154. The molecule has 142 valence electrons. The number of hydrogen-bond donors (Lipinski definition) is 2. The Balaban J connectivity index is 1.34. The first-order valence-electron chi connectivity index (χ1n) is 8.62. The van der Waals surface area contributed by atoms with Crippen LogP contribution in [0.5, 0.6) is 11.5 Å². The molecule has 1 unspecified atom stereocenters. The third-order valence-electron chi connectivity index (χ3n) is 4.18. The van der Waals surface area contributed by atoms with Crippen molar-refractivity contribution in [1.82, 2.24) is 16.0 Å². The zero-order valence-electron chi connectivity index (χ0n) is 15.0. The number of nitrogens with one attached hydrogen (secondary N) is 2. The van der Waals surface area contributed by atoms with Crippen molar-refractivity contribution in [2.24, 2.45) is 0 Å². The van der Waals surface area contributed by atoms with Crippen molar-refractivity contribution >= 4 is 11.8 Å². The number of amides is 2. The molecule has 1 aliphatic heterocycles. The number of fused-ring (bicyclic) bond motifs is 1. The fraction of sp³-hybridized carbons (Fsp3) is 0.150. The number of nitrogens with zero attached hydrogens (tertiary/aromatic N) is 1. The van der Waals surface area contributed by atoms with Crippen LogP contribution in [0.4, 0.5) is 0 Å². The summed E-state index contributed by atoms with van der Waals surface area (Å²) in [6.45, 7) is 2.02. The maximum absolute atomic E-state index is 12.2. The molecule has 4 rings (SSSR count). The average molecular weight is 379 g/mol. The number of aryl methyl sites for hydroxylation is 1. The maximum atomic E-state index is 12.2. The van der Waals surface area contributed by atoms with Crippen molar-refractivity contribution in [3.8, 4) is 22.8 Å². The summed E-state index contributed by atoms with van der Waals surface area (Å²) < 4.78 is 16.1. The third-order valence-corrected chi connectivity index (χ3v) is 4.18. The van der Waals surface area contributed by atoms with Gasteiger partial charge in [-0.25, -0.2) is 0 Å². The zero-order valence-corrected chi connectivity index (χ0v) is 15.0. The molecule has 0 saturated carbocycles. The van der Waals surface area contributed by atoms with E-state index in [9.17, 15) is 9.59 Å². The van der Waals surface area contributed by atoms with Crippen LogP contribution in [0, 0.1) is 6.92 Å². The molecule has 0 aliphatic carbocycles. The van der Waals surface area contributed by atoms with Crippen LogP contribution in [0.1, 0.15) is 16.1 Å². The molecule has 0 saturated heterocycles. The molecule has 8 heteroatoms. The lowest BCUT2D eigenvalue weighted by atomic mass is 10.1. The number of carbonyl (C=O) groups excluding carboxylic acids is 2. The number of hydrazine groups is 1. The minimum Gasteiger partial charge on any atom is -0.485 e. The summed E-state index contributed by atoms with van der Waals surface area (Å²) >= 11 is 0. The van der Waals surface area contributed by atoms with Gasteiger partial charge in [0.2, 0.25) is 11.9 Å². The number of carbonyl (C=O) groups is 2. The second kappa shape index (κ2) is 7.43. The van der Waals surface area contributed by atoms with Crippen molar-refractivity contribution in [2.45, 2.75) is 13.0 Å². The van der Waals surface area contributed by atoms with E-state index in [1.54, 1.807) is 18.2 Å². The Bertz CT molecular complexity index is 1010. The van der Waals surface area contributed by atoms with Gasteiger partial charge in [0.25, 0.3) is 5.91 Å². The minimum atomic E-state index is -0.881. The summed E-state index contributed by atoms with van der Waals surface area (Å²) in [5, 5.41) is 3.89. The van der Waals surface area contributed by atoms with Crippen molar-refractivity contribution in [2.75, 3.05) is 6.61 Å². The van der Waals surface area contributed by atoms with Gasteiger partial charge in [0.1, 0.15) is 12.3 Å². The van der Waals surface area contributed by atoms with Crippen LogP contribution in [-0.4, -0.2) is 29.7 Å². The van der Waals surface area contributed by atoms with E-state index in [4.69, 9.17) is 14.0 Å². The second-order valence-electron chi connectivity index (χ2n) is 6.25. The van der Waals surface area contributed by atoms with Crippen molar-refractivity contribution < 1.29 is 23.6 Å². The molecule has 2 heterocycles. The smallest absolute Gasteiger partial charge is 0.308 e. The molecular formula is C20H17N3O5. The van der Waals surface area contributed by atoms with Gasteiger partial charge in [-0.15, -0.1) is 0 Å². The highest BCUT2D eigenvalue weighted by molar-refractivity contribution is 5.94. The lowest BCUT2D eigenvalue weighted by Gasteiger charge is -2.25. The van der Waals surface area contributed by atoms with Crippen LogP contribution in [0.2, 0.25) is 0 Å². The molecule has 28 heavy (non-hydrogen) atoms. The Morgan fingerprint density at radius 1 is 1.04 bits per heavy atom. The van der Waals surface area contributed by atoms with Gasteiger partial charge in [0, 0.05) is 11.6 Å². The Kier molecular flexibility index (Phi) is 4.67. The monoisotopic (exact) mass is 379 g/mol. The highest BCUT2D eigenvalue weighted by atomic mass is 16.6. The number of benzene rings is 2. The fourth-order valence-electron chi connectivity index (χ4n) is 2.65. The predicted octanol–water partition coefficient (Wildman–Crippen LogP) is 2.25. The number of rotatable bonds is 3. The lowest BCUT2D eigenvalue weighted by molar-refractivity contribution is -0.131. The average Bonchev–Trinajstić information content (AvgIpc) is 3.22. The first-order chi connectivity index (χ1) is 13.6. The molecule has 0 spiro atoms. The Hall–Kier alpha value is -3.81. The summed E-state index contributed by atoms with van der Waals surface area (Å²) in [6, 6.07) is 16.2. The van der Waals surface area contributed by atoms with Crippen molar-refractivity contribution in [3.63, 3.8) is 0 Å². The van der Waals surface area contributed by atoms with Gasteiger partial charge in [0.05, 0.1) is 0 Å². The lowest BCUT2D eigenvalue weighted by Crippen LogP contribution is -2.50. The Morgan fingerprint density at radius 3 is 2.57 bits per heavy atom. The quantitative estimate of drug-likeness (QED) is 0.677. The maximum Gasteiger partial charge on any atom is 0.308 e. The molecule has 2 amide bonds. The first kappa shape index (κ1) is 17.6. The molecule has 0 bridgehead atoms. The van der Waals surface area contributed by atoms with Gasteiger partial charge in [0.15, 0.2) is 11.5 Å². The van der Waals surface area contributed by atoms with E-state index in [0.29, 0.717) is 17.2 Å². The van der Waals surface area contributed by atoms with Crippen LogP contribution in [0.15, 0.2) is 59.1 Å². The van der Waals surface area contributed by atoms with Crippen LogP contribution in [0.25, 0.3) is 11.3 Å². The van der Waals surface area contributed by atoms with E-state index in [1.807, 2.05) is 37.3 Å². The largest absolute Gasteiger partial charge is 0.485 e. The summed E-state index contributed by atoms with van der Waals surface area (Å²) in [4.78, 5) is 24.4. The van der Waals surface area contributed by atoms with Crippen LogP contribution in [0.3, 0.4) is 0 Å². The SMILES string of the molecule is Cc1ccc(-c2cc(C(=O)NNC(=O)C3COc4ccccc4O3)on2)cc1.